The molecule has 1 aromatic carbocycles. The summed E-state index contributed by atoms with van der Waals surface area (Å²) in [6.07, 6.45) is 8.93. The minimum Gasteiger partial charge on any atom is -0.330 e. The van der Waals surface area contributed by atoms with Gasteiger partial charge in [0.05, 0.1) is 5.41 Å². The van der Waals surface area contributed by atoms with Crippen LogP contribution in [-0.4, -0.2) is 29.3 Å². The topological polar surface area (TPSA) is 49.4 Å². The van der Waals surface area contributed by atoms with E-state index in [-0.39, 0.29) is 17.4 Å². The van der Waals surface area contributed by atoms with Crippen molar-refractivity contribution >= 4 is 17.5 Å². The first-order chi connectivity index (χ1) is 13.9. The molecule has 0 spiro atoms. The van der Waals surface area contributed by atoms with Crippen LogP contribution in [0.4, 0.5) is 5.69 Å². The highest BCUT2D eigenvalue weighted by molar-refractivity contribution is 5.98. The molecule has 156 valence electrons. The quantitative estimate of drug-likeness (QED) is 0.785. The number of hydrogen-bond acceptors (Lipinski definition) is 2. The summed E-state index contributed by atoms with van der Waals surface area (Å²) in [5, 5.41) is 3.08. The maximum Gasteiger partial charge on any atom is 0.247 e. The van der Waals surface area contributed by atoms with Gasteiger partial charge in [-0.25, -0.2) is 0 Å². The molecule has 1 aliphatic heterocycles. The van der Waals surface area contributed by atoms with Crippen molar-refractivity contribution in [1.82, 2.24) is 4.90 Å². The third kappa shape index (κ3) is 3.39. The van der Waals surface area contributed by atoms with Crippen molar-refractivity contribution in [3.8, 4) is 0 Å². The number of anilines is 1. The van der Waals surface area contributed by atoms with E-state index in [2.05, 4.69) is 31.3 Å². The lowest BCUT2D eigenvalue weighted by atomic mass is 9.49. The summed E-state index contributed by atoms with van der Waals surface area (Å²) in [5.74, 6) is 3.00. The molecule has 2 amide bonds. The average molecular weight is 395 g/mol. The summed E-state index contributed by atoms with van der Waals surface area (Å²) in [6, 6.07) is 7.81. The first-order valence-electron chi connectivity index (χ1n) is 11.7. The summed E-state index contributed by atoms with van der Waals surface area (Å²) in [6.45, 7) is 5.07. The van der Waals surface area contributed by atoms with Gasteiger partial charge in [0.1, 0.15) is 6.04 Å². The average Bonchev–Trinajstić information content (AvgIpc) is 3.16. The Balaban J connectivity index is 1.29. The molecule has 5 aliphatic rings. The highest BCUT2D eigenvalue weighted by Gasteiger charge is 2.56. The molecule has 4 bridgehead atoms. The van der Waals surface area contributed by atoms with E-state index in [9.17, 15) is 9.59 Å². The first-order valence-corrected chi connectivity index (χ1v) is 11.7. The molecular weight excluding hydrogens is 360 g/mol. The SMILES string of the molecule is CC(C)c1ccc(NC(=O)[C@H]2CCCN2C(=O)C23CC4CC(CC(C4)C2)C3)cc1. The normalized spacial score (nSPS) is 35.3. The number of benzene rings is 1. The zero-order valence-corrected chi connectivity index (χ0v) is 17.8. The van der Waals surface area contributed by atoms with Gasteiger partial charge in [-0.15, -0.1) is 0 Å². The summed E-state index contributed by atoms with van der Waals surface area (Å²) >= 11 is 0. The lowest BCUT2D eigenvalue weighted by Crippen LogP contribution is -2.56. The van der Waals surface area contributed by atoms with E-state index < -0.39 is 0 Å². The second kappa shape index (κ2) is 7.14. The number of hydrogen-bond donors (Lipinski definition) is 1. The molecule has 0 radical (unpaired) electrons. The van der Waals surface area contributed by atoms with Crippen LogP contribution in [0.15, 0.2) is 24.3 Å². The van der Waals surface area contributed by atoms with Gasteiger partial charge in [0.15, 0.2) is 0 Å². The molecule has 1 N–H and O–H groups in total. The van der Waals surface area contributed by atoms with Gasteiger partial charge in [0.25, 0.3) is 0 Å². The van der Waals surface area contributed by atoms with Gasteiger partial charge in [-0.2, -0.15) is 0 Å². The molecule has 5 fully saturated rings. The molecule has 1 aromatic rings. The van der Waals surface area contributed by atoms with Crippen LogP contribution in [0.5, 0.6) is 0 Å². The Bertz CT molecular complexity index is 762. The standard InChI is InChI=1S/C25H34N2O2/c1-16(2)20-5-7-21(8-6-20)26-23(28)22-4-3-9-27(22)24(29)25-13-17-10-18(14-25)12-19(11-17)15-25/h5-8,16-19,22H,3-4,9-15H2,1-2H3,(H,26,28)/t17?,18?,19?,22-,25?/m1/s1. The van der Waals surface area contributed by atoms with E-state index in [0.717, 1.165) is 62.1 Å². The molecule has 4 saturated carbocycles. The van der Waals surface area contributed by atoms with Crippen molar-refractivity contribution < 1.29 is 9.59 Å². The summed E-state index contributed by atoms with van der Waals surface area (Å²) in [7, 11) is 0. The Labute approximate surface area is 174 Å². The maximum atomic E-state index is 13.7. The molecule has 0 aromatic heterocycles. The summed E-state index contributed by atoms with van der Waals surface area (Å²) in [5.41, 5.74) is 1.94. The van der Waals surface area contributed by atoms with E-state index in [1.165, 1.54) is 24.8 Å². The predicted octanol–water partition coefficient (Wildman–Crippen LogP) is 4.96. The van der Waals surface area contributed by atoms with E-state index in [0.29, 0.717) is 11.8 Å². The zero-order chi connectivity index (χ0) is 20.2. The number of nitrogens with zero attached hydrogens (tertiary/aromatic N) is 1. The third-order valence-corrected chi connectivity index (χ3v) is 8.15. The highest BCUT2D eigenvalue weighted by Crippen LogP contribution is 2.60. The molecule has 1 atom stereocenters. The van der Waals surface area contributed by atoms with Crippen LogP contribution in [0.1, 0.15) is 76.7 Å². The molecule has 4 heteroatoms. The Morgan fingerprint density at radius 1 is 1.00 bits per heavy atom. The number of likely N-dealkylation sites (tertiary alicyclic amines) is 1. The fourth-order valence-electron chi connectivity index (χ4n) is 7.14. The Kier molecular flexibility index (Phi) is 4.71. The van der Waals surface area contributed by atoms with Crippen molar-refractivity contribution in [2.24, 2.45) is 23.2 Å². The van der Waals surface area contributed by atoms with Gasteiger partial charge in [-0.3, -0.25) is 9.59 Å². The minimum absolute atomic E-state index is 0.0159. The predicted molar refractivity (Wildman–Crippen MR) is 115 cm³/mol. The smallest absolute Gasteiger partial charge is 0.247 e. The van der Waals surface area contributed by atoms with Crippen molar-refractivity contribution in [3.05, 3.63) is 29.8 Å². The molecule has 1 saturated heterocycles. The van der Waals surface area contributed by atoms with E-state index in [1.54, 1.807) is 0 Å². The van der Waals surface area contributed by atoms with Crippen LogP contribution in [0.2, 0.25) is 0 Å². The minimum atomic E-state index is -0.305. The second-order valence-electron chi connectivity index (χ2n) is 10.6. The number of nitrogens with one attached hydrogen (secondary N) is 1. The lowest BCUT2D eigenvalue weighted by Gasteiger charge is -2.56. The van der Waals surface area contributed by atoms with Crippen molar-refractivity contribution in [1.29, 1.82) is 0 Å². The molecule has 4 aliphatic carbocycles. The number of carbonyl (C=O) groups excluding carboxylic acids is 2. The molecule has 29 heavy (non-hydrogen) atoms. The Morgan fingerprint density at radius 2 is 1.59 bits per heavy atom. The van der Waals surface area contributed by atoms with Gasteiger partial charge in [-0.05, 0) is 92.7 Å². The monoisotopic (exact) mass is 394 g/mol. The molecule has 1 heterocycles. The fourth-order valence-corrected chi connectivity index (χ4v) is 7.14. The number of rotatable bonds is 4. The molecule has 4 nitrogen and oxygen atoms in total. The number of amides is 2. The van der Waals surface area contributed by atoms with Crippen molar-refractivity contribution in [2.75, 3.05) is 11.9 Å². The van der Waals surface area contributed by atoms with Crippen LogP contribution in [0.3, 0.4) is 0 Å². The molecular formula is C25H34N2O2. The van der Waals surface area contributed by atoms with Gasteiger partial charge in [-0.1, -0.05) is 26.0 Å². The summed E-state index contributed by atoms with van der Waals surface area (Å²) in [4.78, 5) is 28.8. The van der Waals surface area contributed by atoms with Crippen LogP contribution in [0, 0.1) is 23.2 Å². The highest BCUT2D eigenvalue weighted by atomic mass is 16.2. The maximum absolute atomic E-state index is 13.7. The second-order valence-corrected chi connectivity index (χ2v) is 10.6. The molecule has 0 unspecified atom stereocenters. The Hall–Kier alpha value is -1.84. The Morgan fingerprint density at radius 3 is 2.14 bits per heavy atom. The first kappa shape index (κ1) is 19.1. The van der Waals surface area contributed by atoms with Gasteiger partial charge in [0, 0.05) is 12.2 Å². The van der Waals surface area contributed by atoms with Crippen molar-refractivity contribution in [3.63, 3.8) is 0 Å². The van der Waals surface area contributed by atoms with Crippen LogP contribution < -0.4 is 5.32 Å². The van der Waals surface area contributed by atoms with Gasteiger partial charge >= 0.3 is 0 Å². The van der Waals surface area contributed by atoms with E-state index in [4.69, 9.17) is 0 Å². The zero-order valence-electron chi connectivity index (χ0n) is 17.8. The fraction of sp³-hybridized carbons (Fsp3) is 0.680. The molecule has 6 rings (SSSR count). The van der Waals surface area contributed by atoms with Gasteiger partial charge < -0.3 is 10.2 Å². The van der Waals surface area contributed by atoms with Crippen LogP contribution in [0.25, 0.3) is 0 Å². The third-order valence-electron chi connectivity index (χ3n) is 8.15. The van der Waals surface area contributed by atoms with E-state index in [1.807, 2.05) is 17.0 Å². The van der Waals surface area contributed by atoms with Crippen LogP contribution >= 0.6 is 0 Å². The lowest BCUT2D eigenvalue weighted by molar-refractivity contribution is -0.160. The number of carbonyl (C=O) groups is 2. The van der Waals surface area contributed by atoms with Crippen LogP contribution in [-0.2, 0) is 9.59 Å². The van der Waals surface area contributed by atoms with Gasteiger partial charge in [0.2, 0.25) is 11.8 Å². The largest absolute Gasteiger partial charge is 0.330 e. The van der Waals surface area contributed by atoms with Crippen molar-refractivity contribution in [2.45, 2.75) is 77.2 Å². The van der Waals surface area contributed by atoms with E-state index >= 15 is 0 Å². The summed E-state index contributed by atoms with van der Waals surface area (Å²) < 4.78 is 0.